The van der Waals surface area contributed by atoms with Crippen LogP contribution in [0.5, 0.6) is 0 Å². The molecule has 2 aliphatic rings. The molecule has 2 rings (SSSR count). The Hall–Kier alpha value is -0.120. The van der Waals surface area contributed by atoms with Crippen LogP contribution in [0.1, 0.15) is 32.6 Å². The van der Waals surface area contributed by atoms with Gasteiger partial charge in [-0.15, -0.1) is 0 Å². The fraction of sp³-hybridized carbons (Fsp3) is 1.00. The Balaban J connectivity index is 1.63. The highest BCUT2D eigenvalue weighted by Crippen LogP contribution is 2.29. The van der Waals surface area contributed by atoms with Gasteiger partial charge in [-0.05, 0) is 38.3 Å². The summed E-state index contributed by atoms with van der Waals surface area (Å²) in [7, 11) is 0. The molecule has 88 valence electrons. The number of nitrogens with one attached hydrogen (secondary N) is 1. The van der Waals surface area contributed by atoms with Crippen molar-refractivity contribution in [2.24, 2.45) is 11.7 Å². The van der Waals surface area contributed by atoms with Crippen molar-refractivity contribution in [2.75, 3.05) is 26.2 Å². The summed E-state index contributed by atoms with van der Waals surface area (Å²) in [5.41, 5.74) is 5.70. The van der Waals surface area contributed by atoms with Crippen molar-refractivity contribution >= 4 is 0 Å². The van der Waals surface area contributed by atoms with Gasteiger partial charge in [0, 0.05) is 25.2 Å². The van der Waals surface area contributed by atoms with Crippen molar-refractivity contribution in [3.63, 3.8) is 0 Å². The van der Waals surface area contributed by atoms with Crippen molar-refractivity contribution in [3.8, 4) is 0 Å². The first-order chi connectivity index (χ1) is 7.33. The summed E-state index contributed by atoms with van der Waals surface area (Å²) in [6.45, 7) is 6.73. The monoisotopic (exact) mass is 211 g/mol. The van der Waals surface area contributed by atoms with E-state index in [2.05, 4.69) is 17.1 Å². The Morgan fingerprint density at radius 3 is 2.80 bits per heavy atom. The minimum Gasteiger partial charge on any atom is -0.330 e. The number of nitrogens with two attached hydrogens (primary N) is 1. The molecule has 0 spiro atoms. The maximum absolute atomic E-state index is 5.70. The standard InChI is InChI=1S/C12H25N3/c1-2-10(7-13)8-14-11-5-6-15(9-11)12-3-4-12/h10-12,14H,2-9,13H2,1H3. The molecule has 3 heteroatoms. The number of nitrogens with zero attached hydrogens (tertiary/aromatic N) is 1. The molecular weight excluding hydrogens is 186 g/mol. The molecule has 2 atom stereocenters. The lowest BCUT2D eigenvalue weighted by molar-refractivity contribution is 0.314. The van der Waals surface area contributed by atoms with E-state index in [1.807, 2.05) is 0 Å². The summed E-state index contributed by atoms with van der Waals surface area (Å²) < 4.78 is 0. The molecule has 2 fully saturated rings. The molecular formula is C12H25N3. The van der Waals surface area contributed by atoms with Gasteiger partial charge in [-0.1, -0.05) is 13.3 Å². The van der Waals surface area contributed by atoms with Gasteiger partial charge in [-0.25, -0.2) is 0 Å². The van der Waals surface area contributed by atoms with Crippen LogP contribution in [0, 0.1) is 5.92 Å². The molecule has 3 N–H and O–H groups in total. The van der Waals surface area contributed by atoms with Crippen LogP contribution in [0.15, 0.2) is 0 Å². The van der Waals surface area contributed by atoms with Crippen LogP contribution in [0.2, 0.25) is 0 Å². The molecule has 0 bridgehead atoms. The molecule has 0 aromatic rings. The molecule has 1 saturated heterocycles. The second kappa shape index (κ2) is 5.28. The Bertz CT molecular complexity index is 187. The molecule has 15 heavy (non-hydrogen) atoms. The van der Waals surface area contributed by atoms with Crippen molar-refractivity contribution in [3.05, 3.63) is 0 Å². The van der Waals surface area contributed by atoms with Gasteiger partial charge < -0.3 is 11.1 Å². The maximum atomic E-state index is 5.70. The Morgan fingerprint density at radius 1 is 1.40 bits per heavy atom. The number of hydrogen-bond donors (Lipinski definition) is 2. The molecule has 0 radical (unpaired) electrons. The average molecular weight is 211 g/mol. The zero-order valence-electron chi connectivity index (χ0n) is 9.91. The largest absolute Gasteiger partial charge is 0.330 e. The molecule has 0 aromatic heterocycles. The van der Waals surface area contributed by atoms with Crippen molar-refractivity contribution in [2.45, 2.75) is 44.7 Å². The third kappa shape index (κ3) is 3.16. The predicted molar refractivity (Wildman–Crippen MR) is 63.8 cm³/mol. The Kier molecular flexibility index (Phi) is 4.00. The summed E-state index contributed by atoms with van der Waals surface area (Å²) in [4.78, 5) is 2.65. The van der Waals surface area contributed by atoms with Crippen LogP contribution in [0.25, 0.3) is 0 Å². The summed E-state index contributed by atoms with van der Waals surface area (Å²) in [5.74, 6) is 0.667. The molecule has 0 aromatic carbocycles. The van der Waals surface area contributed by atoms with E-state index in [4.69, 9.17) is 5.73 Å². The first-order valence-electron chi connectivity index (χ1n) is 6.51. The molecule has 1 heterocycles. The quantitative estimate of drug-likeness (QED) is 0.683. The maximum Gasteiger partial charge on any atom is 0.0207 e. The molecule has 1 aliphatic heterocycles. The van der Waals surface area contributed by atoms with Gasteiger partial charge in [0.1, 0.15) is 0 Å². The summed E-state index contributed by atoms with van der Waals surface area (Å²) in [6.07, 6.45) is 5.40. The Morgan fingerprint density at radius 2 is 2.20 bits per heavy atom. The summed E-state index contributed by atoms with van der Waals surface area (Å²) in [5, 5.41) is 3.67. The third-order valence-corrected chi connectivity index (χ3v) is 3.89. The van der Waals surface area contributed by atoms with Crippen molar-refractivity contribution in [1.82, 2.24) is 10.2 Å². The van der Waals surface area contributed by atoms with Gasteiger partial charge in [0.2, 0.25) is 0 Å². The van der Waals surface area contributed by atoms with E-state index in [0.29, 0.717) is 5.92 Å². The van der Waals surface area contributed by atoms with Crippen LogP contribution in [0.3, 0.4) is 0 Å². The van der Waals surface area contributed by atoms with Crippen molar-refractivity contribution < 1.29 is 0 Å². The molecule has 1 aliphatic carbocycles. The van der Waals surface area contributed by atoms with E-state index < -0.39 is 0 Å². The van der Waals surface area contributed by atoms with E-state index >= 15 is 0 Å². The zero-order chi connectivity index (χ0) is 10.7. The highest BCUT2D eigenvalue weighted by molar-refractivity contribution is 4.91. The van der Waals surface area contributed by atoms with Gasteiger partial charge in [0.05, 0.1) is 0 Å². The fourth-order valence-electron chi connectivity index (χ4n) is 2.45. The van der Waals surface area contributed by atoms with Gasteiger partial charge >= 0.3 is 0 Å². The van der Waals surface area contributed by atoms with Crippen molar-refractivity contribution in [1.29, 1.82) is 0 Å². The Labute approximate surface area is 93.4 Å². The van der Waals surface area contributed by atoms with Crippen LogP contribution in [-0.2, 0) is 0 Å². The lowest BCUT2D eigenvalue weighted by Crippen LogP contribution is -2.37. The second-order valence-corrected chi connectivity index (χ2v) is 5.13. The van der Waals surface area contributed by atoms with Gasteiger partial charge in [0.15, 0.2) is 0 Å². The number of rotatable bonds is 6. The highest BCUT2D eigenvalue weighted by Gasteiger charge is 2.34. The normalized spacial score (nSPS) is 29.6. The lowest BCUT2D eigenvalue weighted by atomic mass is 10.1. The summed E-state index contributed by atoms with van der Waals surface area (Å²) in [6, 6.07) is 1.67. The van der Waals surface area contributed by atoms with Crippen LogP contribution in [-0.4, -0.2) is 43.2 Å². The topological polar surface area (TPSA) is 41.3 Å². The van der Waals surface area contributed by atoms with E-state index in [-0.39, 0.29) is 0 Å². The van der Waals surface area contributed by atoms with Gasteiger partial charge in [-0.3, -0.25) is 4.90 Å². The SMILES string of the molecule is CCC(CN)CNC1CCN(C2CC2)C1. The number of hydrogen-bond acceptors (Lipinski definition) is 3. The van der Waals surface area contributed by atoms with Gasteiger partial charge in [-0.2, -0.15) is 0 Å². The minimum absolute atomic E-state index is 0.667. The van der Waals surface area contributed by atoms with E-state index in [1.54, 1.807) is 0 Å². The smallest absolute Gasteiger partial charge is 0.0207 e. The molecule has 0 amide bonds. The van der Waals surface area contributed by atoms with E-state index in [1.165, 1.54) is 38.8 Å². The molecule has 2 unspecified atom stereocenters. The van der Waals surface area contributed by atoms with Crippen LogP contribution >= 0.6 is 0 Å². The zero-order valence-corrected chi connectivity index (χ0v) is 9.91. The predicted octanol–water partition coefficient (Wildman–Crippen LogP) is 0.798. The van der Waals surface area contributed by atoms with Crippen LogP contribution < -0.4 is 11.1 Å². The second-order valence-electron chi connectivity index (χ2n) is 5.13. The first-order valence-corrected chi connectivity index (χ1v) is 6.51. The van der Waals surface area contributed by atoms with Crippen LogP contribution in [0.4, 0.5) is 0 Å². The van der Waals surface area contributed by atoms with E-state index in [0.717, 1.165) is 25.2 Å². The van der Waals surface area contributed by atoms with E-state index in [9.17, 15) is 0 Å². The lowest BCUT2D eigenvalue weighted by Gasteiger charge is -2.18. The summed E-state index contributed by atoms with van der Waals surface area (Å²) >= 11 is 0. The minimum atomic E-state index is 0.667. The molecule has 3 nitrogen and oxygen atoms in total. The molecule has 1 saturated carbocycles. The first kappa shape index (κ1) is 11.4. The fourth-order valence-corrected chi connectivity index (χ4v) is 2.45. The number of likely N-dealkylation sites (tertiary alicyclic amines) is 1. The van der Waals surface area contributed by atoms with Gasteiger partial charge in [0.25, 0.3) is 0 Å². The third-order valence-electron chi connectivity index (χ3n) is 3.89. The average Bonchev–Trinajstić information content (AvgIpc) is 3.01. The highest BCUT2D eigenvalue weighted by atomic mass is 15.2.